The molecule has 144 heavy (non-hydrogen) atoms. The molecule has 7 aliphatic carbocycles. The number of aliphatic carboxylic acids is 1. The van der Waals surface area contributed by atoms with Crippen LogP contribution in [-0.2, 0) is 76.0 Å². The lowest BCUT2D eigenvalue weighted by Crippen LogP contribution is -2.48. The van der Waals surface area contributed by atoms with Gasteiger partial charge in [0, 0.05) is 90.9 Å². The summed E-state index contributed by atoms with van der Waals surface area (Å²) in [6.45, 7) is 43.3. The molecule has 8 heterocycles. The van der Waals surface area contributed by atoms with Gasteiger partial charge in [0.05, 0.1) is 152 Å². The number of Topliss-reactive ketones (excluding diaryl/α,β-unsaturated/α-hetero) is 1. The summed E-state index contributed by atoms with van der Waals surface area (Å²) in [5.74, 6) is 24.4. The van der Waals surface area contributed by atoms with Crippen molar-refractivity contribution in [1.29, 1.82) is 0 Å². The molecule has 0 bridgehead atoms. The summed E-state index contributed by atoms with van der Waals surface area (Å²) in [5, 5.41) is 12.3. The number of hydrogen-bond acceptors (Lipinski definition) is 26. The molecule has 11 aliphatic rings. The molecule has 0 aromatic carbocycles. The quantitative estimate of drug-likeness (QED) is 0.0302. The number of carboxylic acid groups (broad SMARTS) is 1. The van der Waals surface area contributed by atoms with Crippen molar-refractivity contribution in [2.24, 2.45) is 57.2 Å². The van der Waals surface area contributed by atoms with Crippen LogP contribution in [0.1, 0.15) is 350 Å². The lowest BCUT2D eigenvalue weighted by Gasteiger charge is -2.40. The Morgan fingerprint density at radius 3 is 0.993 bits per heavy atom. The number of hydrogen-bond donors (Lipinski definition) is 3. The van der Waals surface area contributed by atoms with Gasteiger partial charge in [-0.25, -0.2) is 19.2 Å². The Hall–Kier alpha value is -8.50. The van der Waals surface area contributed by atoms with E-state index in [9.17, 15) is 38.4 Å². The Labute approximate surface area is 873 Å². The second-order valence-corrected chi connectivity index (χ2v) is 48.8. The van der Waals surface area contributed by atoms with Crippen LogP contribution >= 0.6 is 45.3 Å². The molecule has 4 aromatic rings. The van der Waals surface area contributed by atoms with Crippen LogP contribution in [0.2, 0.25) is 0 Å². The lowest BCUT2D eigenvalue weighted by atomic mass is 9.79. The number of rotatable bonds is 21. The molecular formula is C115H162N4O21S4. The van der Waals surface area contributed by atoms with Gasteiger partial charge in [-0.15, -0.1) is 45.3 Å². The third-order valence-corrected chi connectivity index (χ3v) is 31.5. The molecule has 0 radical (unpaired) electrons. The average Bonchev–Trinajstić information content (AvgIpc) is 1.59. The van der Waals surface area contributed by atoms with Gasteiger partial charge in [-0.2, -0.15) is 0 Å². The van der Waals surface area contributed by atoms with Gasteiger partial charge in [-0.3, -0.25) is 19.2 Å². The van der Waals surface area contributed by atoms with E-state index in [0.717, 1.165) is 213 Å². The highest BCUT2D eigenvalue weighted by Crippen LogP contribution is 2.45. The van der Waals surface area contributed by atoms with Gasteiger partial charge in [-0.05, 0) is 300 Å². The molecule has 10 atom stereocenters. The summed E-state index contributed by atoms with van der Waals surface area (Å²) >= 11 is 5.29. The Morgan fingerprint density at radius 1 is 0.389 bits per heavy atom. The molecule has 8 fully saturated rings. The van der Waals surface area contributed by atoms with Gasteiger partial charge in [0.25, 0.3) is 0 Å². The number of amides is 2. The van der Waals surface area contributed by atoms with Crippen LogP contribution < -0.4 is 20.9 Å². The molecule has 25 nitrogen and oxygen atoms in total. The average molecular weight is 2060 g/mol. The number of ether oxygens (including phenoxy) is 12. The predicted molar refractivity (Wildman–Crippen MR) is 572 cm³/mol. The topological polar surface area (TPSA) is 312 Å². The summed E-state index contributed by atoms with van der Waals surface area (Å²) in [5.41, 5.74) is 11.8. The number of carbonyl (C=O) groups is 8. The molecule has 792 valence electrons. The number of allylic oxidation sites excluding steroid dienone is 6. The maximum atomic E-state index is 14.3. The number of carboxylic acids is 1. The highest BCUT2D eigenvalue weighted by Gasteiger charge is 2.44. The van der Waals surface area contributed by atoms with E-state index < -0.39 is 23.9 Å². The van der Waals surface area contributed by atoms with Crippen LogP contribution in [0.15, 0.2) is 59.2 Å². The zero-order valence-electron chi connectivity index (χ0n) is 89.6. The second kappa shape index (κ2) is 55.7. The predicted octanol–water partition coefficient (Wildman–Crippen LogP) is 23.1. The number of ketones is 1. The Balaban J connectivity index is 0.000000187. The third kappa shape index (κ3) is 37.4. The number of thiophene rings is 4. The normalized spacial score (nSPS) is 25.9. The molecule has 3 unspecified atom stereocenters. The zero-order valence-corrected chi connectivity index (χ0v) is 92.9. The van der Waals surface area contributed by atoms with Crippen molar-refractivity contribution in [3.63, 3.8) is 0 Å². The van der Waals surface area contributed by atoms with Crippen molar-refractivity contribution >= 4 is 116 Å². The first kappa shape index (κ1) is 117. The van der Waals surface area contributed by atoms with Crippen molar-refractivity contribution in [2.75, 3.05) is 102 Å². The van der Waals surface area contributed by atoms with Crippen LogP contribution in [0, 0.1) is 105 Å². The first-order chi connectivity index (χ1) is 68.2. The Bertz CT molecular complexity index is 5110. The summed E-state index contributed by atoms with van der Waals surface area (Å²) in [7, 11) is 5.54. The Morgan fingerprint density at radius 2 is 0.681 bits per heavy atom. The standard InChI is InChI=1S/2C31H43NO5S.C22H31NO4S.C12H15NO2S.C10H16O3.C9H14O2/c2*1-20-7-12-26(21(2)17-20)29(33)32(22-8-10-23(11-9-22)37-24-14-16-36-19-24)27-18-25(13-15-31(3,4)5)38-28(27)30(34)35-6;1-22(2,3)11-9-18-13-19(20(28-18)21(24)25-4)23-15-5-7-16(8-6-15)27-17-10-12-26-14-17;1-12(2,3)6-5-8-7-9(13)10(16-8)11(14)15-4;11-8-1-3-9(4-2-8)13-10-5-6-12-7-10;1-6-3-4-8(9(10)11)7(2)5-6/h2*7,18,21-24,26H,8-12,14,16-17,19H2,1-6H3;13,15-17,23H,5-8,10,12,14H2,1-4H3;7H,13H2,1-4H3;9-10H,1-7H2;3,7-8H,4-5H2,1-2H3,(H,10,11)/t2*21-,22?,23?,24-,26?;15?,16?,17-;;10-;7-,8?/m000.00/s1. The van der Waals surface area contributed by atoms with Crippen molar-refractivity contribution in [2.45, 2.75) is 359 Å². The van der Waals surface area contributed by atoms with Crippen molar-refractivity contribution < 1.29 is 100 Å². The van der Waals surface area contributed by atoms with E-state index >= 15 is 0 Å². The highest BCUT2D eigenvalue weighted by atomic mass is 32.1. The third-order valence-electron chi connectivity index (χ3n) is 27.4. The van der Waals surface area contributed by atoms with Crippen LogP contribution in [0.4, 0.5) is 22.7 Å². The molecule has 4 N–H and O–H groups in total. The number of nitrogen functional groups attached to an aromatic ring is 1. The minimum atomic E-state index is -0.652. The van der Waals surface area contributed by atoms with Crippen molar-refractivity contribution in [1.82, 2.24) is 0 Å². The number of esters is 4. The number of nitrogens with two attached hydrogens (primary N) is 1. The first-order valence-electron chi connectivity index (χ1n) is 52.1. The maximum Gasteiger partial charge on any atom is 0.350 e. The summed E-state index contributed by atoms with van der Waals surface area (Å²) in [6, 6.07) is 7.89. The fraction of sp³-hybridized carbons (Fsp3) is 0.670. The lowest BCUT2D eigenvalue weighted by molar-refractivity contribution is -0.143. The van der Waals surface area contributed by atoms with E-state index in [1.165, 1.54) is 90.5 Å². The molecule has 15 rings (SSSR count). The van der Waals surface area contributed by atoms with E-state index in [4.69, 9.17) is 62.9 Å². The smallest absolute Gasteiger partial charge is 0.350 e. The van der Waals surface area contributed by atoms with E-state index in [-0.39, 0.29) is 112 Å². The van der Waals surface area contributed by atoms with Crippen LogP contribution in [0.25, 0.3) is 0 Å². The second-order valence-electron chi connectivity index (χ2n) is 44.5. The maximum absolute atomic E-state index is 14.3. The highest BCUT2D eigenvalue weighted by molar-refractivity contribution is 7.16. The van der Waals surface area contributed by atoms with E-state index in [2.05, 4.69) is 167 Å². The summed E-state index contributed by atoms with van der Waals surface area (Å²) in [4.78, 5) is 109. The summed E-state index contributed by atoms with van der Waals surface area (Å²) in [6.07, 6.45) is 31.5. The van der Waals surface area contributed by atoms with E-state index in [1.54, 1.807) is 6.07 Å². The van der Waals surface area contributed by atoms with Gasteiger partial charge in [0.1, 0.15) is 25.3 Å². The van der Waals surface area contributed by atoms with Gasteiger partial charge in [-0.1, -0.05) is 103 Å². The zero-order chi connectivity index (χ0) is 105. The molecule has 2 amide bonds. The minimum absolute atomic E-state index is 0.00260. The van der Waals surface area contributed by atoms with Crippen molar-refractivity contribution in [3.8, 4) is 47.4 Å². The van der Waals surface area contributed by atoms with Crippen LogP contribution in [-0.4, -0.2) is 201 Å². The van der Waals surface area contributed by atoms with E-state index in [1.807, 2.05) is 61.8 Å². The molecular weight excluding hydrogens is 1900 g/mol. The van der Waals surface area contributed by atoms with Gasteiger partial charge in [0.15, 0.2) is 0 Å². The number of methoxy groups -OCH3 is 4. The molecule has 4 saturated carbocycles. The molecule has 4 aliphatic heterocycles. The van der Waals surface area contributed by atoms with E-state index in [0.29, 0.717) is 105 Å². The van der Waals surface area contributed by atoms with Gasteiger partial charge >= 0.3 is 29.8 Å². The first-order valence-corrected chi connectivity index (χ1v) is 55.3. The number of anilines is 4. The number of nitrogens with one attached hydrogen (secondary N) is 1. The van der Waals surface area contributed by atoms with Crippen molar-refractivity contribution in [3.05, 3.63) is 98.2 Å². The van der Waals surface area contributed by atoms with Gasteiger partial charge < -0.3 is 82.8 Å². The Kier molecular flexibility index (Phi) is 45.4. The number of carbonyl (C=O) groups excluding carboxylic acids is 7. The van der Waals surface area contributed by atoms with Gasteiger partial charge in [0.2, 0.25) is 11.8 Å². The largest absolute Gasteiger partial charge is 0.481 e. The fourth-order valence-corrected chi connectivity index (χ4v) is 23.2. The molecule has 0 spiro atoms. The molecule has 4 aromatic heterocycles. The monoisotopic (exact) mass is 2060 g/mol. The number of nitrogens with zero attached hydrogens (tertiary/aromatic N) is 2. The fourth-order valence-electron chi connectivity index (χ4n) is 19.6. The molecule has 29 heteroatoms. The van der Waals surface area contributed by atoms with Crippen LogP contribution in [0.3, 0.4) is 0 Å². The molecule has 4 saturated heterocycles. The minimum Gasteiger partial charge on any atom is -0.481 e. The summed E-state index contributed by atoms with van der Waals surface area (Å²) < 4.78 is 66.1. The van der Waals surface area contributed by atoms with Crippen LogP contribution in [0.5, 0.6) is 0 Å². The SMILES string of the molecule is CC1=CCC(C(=O)O)[C@@H](C)C1.COC(=O)c1sc(C#CC(C)(C)C)cc1N.COC(=O)c1sc(C#CC(C)(C)C)cc1N(C(=O)C1CC=C(C)C[C@@H]1C)C1CCC(O[C@H]2CCOC2)CC1.COC(=O)c1sc(C#CC(C)(C)C)cc1N(C(=O)C1CC=C(C)C[C@@H]1C)C1CCC(O[C@H]2CCOC2)CC1.COC(=O)c1sc(C#CC(C)(C)C)cc1NC1CCC(O[C@H]2CCOC2)CC1.O=C1CCC(O[C@H]2CCOC2)CC1.